The van der Waals surface area contributed by atoms with Crippen LogP contribution in [0.2, 0.25) is 0 Å². The minimum absolute atomic E-state index is 0.0861. The van der Waals surface area contributed by atoms with Crippen molar-refractivity contribution in [2.45, 2.75) is 6.54 Å². The Hall–Kier alpha value is -2.60. The van der Waals surface area contributed by atoms with Crippen LogP contribution in [0, 0.1) is 0 Å². The summed E-state index contributed by atoms with van der Waals surface area (Å²) in [6.45, 7) is 0.523. The monoisotopic (exact) mass is 298 g/mol. The van der Waals surface area contributed by atoms with Gasteiger partial charge in [0.1, 0.15) is 5.82 Å². The first-order valence-corrected chi connectivity index (χ1v) is 7.13. The van der Waals surface area contributed by atoms with Crippen LogP contribution in [0.5, 0.6) is 0 Å². The lowest BCUT2D eigenvalue weighted by Gasteiger charge is -2.21. The Bertz CT molecular complexity index is 777. The van der Waals surface area contributed by atoms with Gasteiger partial charge in [0.25, 0.3) is 5.91 Å². The third-order valence-corrected chi connectivity index (χ3v) is 3.71. The molecular weight excluding hydrogens is 280 g/mol. The summed E-state index contributed by atoms with van der Waals surface area (Å²) in [6.07, 6.45) is 5.30. The molecule has 0 aliphatic heterocycles. The number of hydrogen-bond acceptors (Lipinski definition) is 3. The predicted molar refractivity (Wildman–Crippen MR) is 83.3 cm³/mol. The number of H-pyrrole nitrogens is 1. The lowest BCUT2D eigenvalue weighted by molar-refractivity contribution is 0.0705. The molecule has 1 amide bonds. The Kier molecular flexibility index (Phi) is 3.93. The number of nitrogens with zero attached hydrogens (tertiary/aromatic N) is 3. The van der Waals surface area contributed by atoms with E-state index in [2.05, 4.69) is 9.97 Å². The smallest absolute Gasteiger partial charge is 0.255 e. The summed E-state index contributed by atoms with van der Waals surface area (Å²) in [7, 11) is 1.95. The molecule has 0 saturated heterocycles. The molecule has 0 aliphatic carbocycles. The van der Waals surface area contributed by atoms with Gasteiger partial charge < -0.3 is 19.6 Å². The van der Waals surface area contributed by atoms with Crippen molar-refractivity contribution in [2.75, 3.05) is 13.2 Å². The first-order chi connectivity index (χ1) is 10.7. The van der Waals surface area contributed by atoms with E-state index in [1.54, 1.807) is 17.3 Å². The van der Waals surface area contributed by atoms with Gasteiger partial charge in [-0.1, -0.05) is 6.07 Å². The molecule has 0 bridgehead atoms. The second kappa shape index (κ2) is 6.03. The van der Waals surface area contributed by atoms with Crippen molar-refractivity contribution < 1.29 is 9.90 Å². The number of aliphatic hydroxyl groups is 1. The average Bonchev–Trinajstić information content (AvgIpc) is 3.16. The number of carbonyl (C=O) groups excluding carboxylic acids is 1. The number of carbonyl (C=O) groups is 1. The zero-order valence-corrected chi connectivity index (χ0v) is 12.4. The van der Waals surface area contributed by atoms with Crippen molar-refractivity contribution in [2.24, 2.45) is 7.05 Å². The molecule has 3 aromatic rings. The maximum Gasteiger partial charge on any atom is 0.255 e. The molecule has 6 heteroatoms. The minimum atomic E-state index is -0.109. The molecule has 0 spiro atoms. The highest BCUT2D eigenvalue weighted by Gasteiger charge is 2.19. The van der Waals surface area contributed by atoms with E-state index in [0.717, 1.165) is 10.9 Å². The summed E-state index contributed by atoms with van der Waals surface area (Å²) < 4.78 is 1.98. The van der Waals surface area contributed by atoms with Crippen LogP contribution >= 0.6 is 0 Å². The number of aromatic amines is 1. The SMILES string of the molecule is Cn1ccc2c(C(=O)N(CCO)Cc3ncc[nH]3)cccc21. The molecule has 0 radical (unpaired) electrons. The summed E-state index contributed by atoms with van der Waals surface area (Å²) in [4.78, 5) is 21.6. The van der Waals surface area contributed by atoms with E-state index < -0.39 is 0 Å². The number of aromatic nitrogens is 3. The number of nitrogens with one attached hydrogen (secondary N) is 1. The number of benzene rings is 1. The highest BCUT2D eigenvalue weighted by atomic mass is 16.3. The molecule has 0 saturated carbocycles. The van der Waals surface area contributed by atoms with Crippen LogP contribution in [0.15, 0.2) is 42.9 Å². The zero-order chi connectivity index (χ0) is 15.5. The molecule has 0 unspecified atom stereocenters. The standard InChI is InChI=1S/C16H18N4O2/c1-19-8-5-12-13(3-2-4-14(12)19)16(22)20(9-10-21)11-15-17-6-7-18-15/h2-8,21H,9-11H2,1H3,(H,17,18). The molecule has 114 valence electrons. The van der Waals surface area contributed by atoms with Crippen LogP contribution in [0.1, 0.15) is 16.2 Å². The molecule has 6 nitrogen and oxygen atoms in total. The Morgan fingerprint density at radius 2 is 2.27 bits per heavy atom. The largest absolute Gasteiger partial charge is 0.395 e. The fourth-order valence-corrected chi connectivity index (χ4v) is 2.60. The second-order valence-electron chi connectivity index (χ2n) is 5.15. The van der Waals surface area contributed by atoms with Gasteiger partial charge in [-0.15, -0.1) is 0 Å². The van der Waals surface area contributed by atoms with Gasteiger partial charge in [0.05, 0.1) is 13.2 Å². The summed E-state index contributed by atoms with van der Waals surface area (Å²) in [5.41, 5.74) is 1.64. The summed E-state index contributed by atoms with van der Waals surface area (Å²) in [6, 6.07) is 7.61. The van der Waals surface area contributed by atoms with E-state index in [1.165, 1.54) is 0 Å². The van der Waals surface area contributed by atoms with Crippen molar-refractivity contribution in [3.8, 4) is 0 Å². The van der Waals surface area contributed by atoms with Crippen molar-refractivity contribution in [1.82, 2.24) is 19.4 Å². The van der Waals surface area contributed by atoms with Gasteiger partial charge in [-0.2, -0.15) is 0 Å². The summed E-state index contributed by atoms with van der Waals surface area (Å²) in [5.74, 6) is 0.587. The number of amides is 1. The molecule has 2 aromatic heterocycles. The topological polar surface area (TPSA) is 74.2 Å². The van der Waals surface area contributed by atoms with Gasteiger partial charge in [-0.25, -0.2) is 4.98 Å². The maximum atomic E-state index is 12.8. The fraction of sp³-hybridized carbons (Fsp3) is 0.250. The molecule has 1 aromatic carbocycles. The Morgan fingerprint density at radius 1 is 1.41 bits per heavy atom. The minimum Gasteiger partial charge on any atom is -0.395 e. The maximum absolute atomic E-state index is 12.8. The first kappa shape index (κ1) is 14.3. The van der Waals surface area contributed by atoms with Gasteiger partial charge in [-0.05, 0) is 18.2 Å². The van der Waals surface area contributed by atoms with Crippen LogP contribution < -0.4 is 0 Å². The van der Waals surface area contributed by atoms with Crippen LogP contribution in [0.25, 0.3) is 10.9 Å². The highest BCUT2D eigenvalue weighted by Crippen LogP contribution is 2.21. The van der Waals surface area contributed by atoms with Crippen molar-refractivity contribution >= 4 is 16.8 Å². The fourth-order valence-electron chi connectivity index (χ4n) is 2.60. The number of imidazole rings is 1. The summed E-state index contributed by atoms with van der Waals surface area (Å²) in [5, 5.41) is 10.2. The predicted octanol–water partition coefficient (Wildman–Crippen LogP) is 1.54. The quantitative estimate of drug-likeness (QED) is 0.750. The van der Waals surface area contributed by atoms with Crippen molar-refractivity contribution in [3.63, 3.8) is 0 Å². The third-order valence-electron chi connectivity index (χ3n) is 3.71. The molecule has 3 rings (SSSR count). The second-order valence-corrected chi connectivity index (χ2v) is 5.15. The number of aliphatic hydroxyl groups excluding tert-OH is 1. The van der Waals surface area contributed by atoms with E-state index in [-0.39, 0.29) is 19.1 Å². The van der Waals surface area contributed by atoms with Crippen LogP contribution in [-0.4, -0.2) is 43.6 Å². The first-order valence-electron chi connectivity index (χ1n) is 7.13. The number of hydrogen-bond donors (Lipinski definition) is 2. The van der Waals surface area contributed by atoms with Gasteiger partial charge in [0.15, 0.2) is 0 Å². The highest BCUT2D eigenvalue weighted by molar-refractivity contribution is 6.06. The van der Waals surface area contributed by atoms with E-state index in [1.807, 2.05) is 42.1 Å². The Morgan fingerprint density at radius 3 is 3.00 bits per heavy atom. The van der Waals surface area contributed by atoms with Gasteiger partial charge in [-0.3, -0.25) is 4.79 Å². The van der Waals surface area contributed by atoms with E-state index in [4.69, 9.17) is 0 Å². The zero-order valence-electron chi connectivity index (χ0n) is 12.4. The molecule has 0 aliphatic rings. The van der Waals surface area contributed by atoms with E-state index >= 15 is 0 Å². The number of fused-ring (bicyclic) bond motifs is 1. The van der Waals surface area contributed by atoms with E-state index in [0.29, 0.717) is 17.9 Å². The van der Waals surface area contributed by atoms with Gasteiger partial charge in [0, 0.05) is 48.6 Å². The average molecular weight is 298 g/mol. The molecular formula is C16H18N4O2. The van der Waals surface area contributed by atoms with Crippen LogP contribution in [0.4, 0.5) is 0 Å². The van der Waals surface area contributed by atoms with Crippen molar-refractivity contribution in [1.29, 1.82) is 0 Å². The molecule has 2 heterocycles. The molecule has 2 N–H and O–H groups in total. The third kappa shape index (κ3) is 2.60. The van der Waals surface area contributed by atoms with E-state index in [9.17, 15) is 9.90 Å². The lowest BCUT2D eigenvalue weighted by Crippen LogP contribution is -2.33. The normalized spacial score (nSPS) is 11.0. The Labute approximate surface area is 128 Å². The molecule has 22 heavy (non-hydrogen) atoms. The number of aryl methyl sites for hydroxylation is 1. The molecule has 0 fully saturated rings. The molecule has 0 atom stereocenters. The van der Waals surface area contributed by atoms with Crippen molar-refractivity contribution in [3.05, 3.63) is 54.2 Å². The van der Waals surface area contributed by atoms with Crippen LogP contribution in [0.3, 0.4) is 0 Å². The summed E-state index contributed by atoms with van der Waals surface area (Å²) >= 11 is 0. The van der Waals surface area contributed by atoms with Gasteiger partial charge >= 0.3 is 0 Å². The lowest BCUT2D eigenvalue weighted by atomic mass is 10.1. The Balaban J connectivity index is 1.94. The number of rotatable bonds is 5. The van der Waals surface area contributed by atoms with Crippen LogP contribution in [-0.2, 0) is 13.6 Å². The van der Waals surface area contributed by atoms with Gasteiger partial charge in [0.2, 0.25) is 0 Å².